The number of benzene rings is 3. The second-order valence-electron chi connectivity index (χ2n) is 9.03. The van der Waals surface area contributed by atoms with Crippen LogP contribution in [-0.2, 0) is 17.9 Å². The normalized spacial score (nSPS) is 19.0. The van der Waals surface area contributed by atoms with E-state index in [0.717, 1.165) is 48.2 Å². The number of hydrogen-bond donors (Lipinski definition) is 1. The summed E-state index contributed by atoms with van der Waals surface area (Å²) in [7, 11) is 0. The zero-order valence-corrected chi connectivity index (χ0v) is 20.3. The van der Waals surface area contributed by atoms with Crippen molar-refractivity contribution < 1.29 is 14.4 Å². The van der Waals surface area contributed by atoms with Gasteiger partial charge in [0.2, 0.25) is 5.82 Å². The van der Waals surface area contributed by atoms with E-state index in [9.17, 15) is 4.79 Å². The van der Waals surface area contributed by atoms with Crippen molar-refractivity contribution in [3.8, 4) is 34.0 Å². The molecule has 0 unspecified atom stereocenters. The van der Waals surface area contributed by atoms with Crippen LogP contribution in [0.5, 0.6) is 0 Å². The van der Waals surface area contributed by atoms with Crippen molar-refractivity contribution in [3.05, 3.63) is 82.9 Å². The molecule has 0 atom stereocenters. The largest absolute Gasteiger partial charge is 0.481 e. The molecule has 3 aromatic carbocycles. The molecule has 0 saturated heterocycles. The molecular weight excluding hydrogens is 485 g/mol. The van der Waals surface area contributed by atoms with E-state index >= 15 is 0 Å². The van der Waals surface area contributed by atoms with Gasteiger partial charge in [0.25, 0.3) is 5.89 Å². The van der Waals surface area contributed by atoms with Crippen LogP contribution in [0.3, 0.4) is 0 Å². The van der Waals surface area contributed by atoms with Gasteiger partial charge in [-0.2, -0.15) is 4.98 Å². The molecule has 178 valence electrons. The van der Waals surface area contributed by atoms with Gasteiger partial charge in [0.05, 0.1) is 5.92 Å². The zero-order chi connectivity index (χ0) is 23.2. The van der Waals surface area contributed by atoms with Gasteiger partial charge in [0, 0.05) is 40.8 Å². The van der Waals surface area contributed by atoms with E-state index in [1.54, 1.807) is 0 Å². The fraction of sp³-hybridized carbons (Fsp3) is 0.222. The summed E-state index contributed by atoms with van der Waals surface area (Å²) in [4.78, 5) is 18.1. The summed E-state index contributed by atoms with van der Waals surface area (Å²) in [5.74, 6) is 0.0818. The highest BCUT2D eigenvalue weighted by atomic mass is 35.5. The first-order chi connectivity index (χ1) is 16.5. The standard InChI is InChI=1S/C27H22ClN3O3.ClH/c28-24-13-18(8-9-23(24)16-4-2-1-3-5-16)26-29-25(30-34-26)17-6-7-19-14-31(15-21(19)10-17)22-11-20(12-22)27(32)33;/h1-10,13,20,22H,11-12,14-15H2,(H,32,33);1H. The second kappa shape index (κ2) is 9.46. The number of carboxylic acid groups (broad SMARTS) is 1. The second-order valence-corrected chi connectivity index (χ2v) is 9.44. The van der Waals surface area contributed by atoms with Crippen molar-refractivity contribution in [2.75, 3.05) is 0 Å². The van der Waals surface area contributed by atoms with Crippen LogP contribution in [0.4, 0.5) is 0 Å². The molecule has 1 aliphatic heterocycles. The molecule has 6 rings (SSSR count). The zero-order valence-electron chi connectivity index (χ0n) is 18.7. The minimum absolute atomic E-state index is 0. The van der Waals surface area contributed by atoms with Crippen molar-refractivity contribution in [3.63, 3.8) is 0 Å². The number of carboxylic acids is 1. The maximum Gasteiger partial charge on any atom is 0.306 e. The Hall–Kier alpha value is -3.19. The van der Waals surface area contributed by atoms with E-state index in [0.29, 0.717) is 22.8 Å². The third kappa shape index (κ3) is 4.45. The van der Waals surface area contributed by atoms with Crippen LogP contribution in [-0.4, -0.2) is 32.2 Å². The summed E-state index contributed by atoms with van der Waals surface area (Å²) in [5, 5.41) is 14.0. The molecule has 1 N–H and O–H groups in total. The number of fused-ring (bicyclic) bond motifs is 1. The van der Waals surface area contributed by atoms with Crippen LogP contribution in [0.1, 0.15) is 24.0 Å². The van der Waals surface area contributed by atoms with Crippen LogP contribution in [0, 0.1) is 5.92 Å². The average Bonchev–Trinajstić information content (AvgIpc) is 3.45. The molecule has 2 aliphatic rings. The summed E-state index contributed by atoms with van der Waals surface area (Å²) in [6.07, 6.45) is 1.46. The van der Waals surface area contributed by atoms with E-state index in [1.807, 2.05) is 54.6 Å². The minimum atomic E-state index is -0.681. The quantitative estimate of drug-likeness (QED) is 0.340. The van der Waals surface area contributed by atoms with Gasteiger partial charge in [0.15, 0.2) is 0 Å². The van der Waals surface area contributed by atoms with Gasteiger partial charge in [0.1, 0.15) is 0 Å². The molecule has 0 radical (unpaired) electrons. The molecule has 2 heterocycles. The smallest absolute Gasteiger partial charge is 0.306 e. The first kappa shape index (κ1) is 23.5. The summed E-state index contributed by atoms with van der Waals surface area (Å²) in [5.41, 5.74) is 6.19. The van der Waals surface area contributed by atoms with Gasteiger partial charge < -0.3 is 9.63 Å². The highest BCUT2D eigenvalue weighted by Gasteiger charge is 2.39. The summed E-state index contributed by atoms with van der Waals surface area (Å²) in [6, 6.07) is 22.3. The Morgan fingerprint density at radius 3 is 2.43 bits per heavy atom. The van der Waals surface area contributed by atoms with Crippen LogP contribution in [0.15, 0.2) is 71.3 Å². The Labute approximate surface area is 214 Å². The Morgan fingerprint density at radius 2 is 1.69 bits per heavy atom. The lowest BCUT2D eigenvalue weighted by atomic mass is 9.79. The number of hydrogen-bond acceptors (Lipinski definition) is 5. The van der Waals surface area contributed by atoms with Gasteiger partial charge in [-0.25, -0.2) is 0 Å². The lowest BCUT2D eigenvalue weighted by Gasteiger charge is -2.39. The first-order valence-corrected chi connectivity index (χ1v) is 11.7. The van der Waals surface area contributed by atoms with Crippen LogP contribution in [0.2, 0.25) is 5.02 Å². The molecule has 35 heavy (non-hydrogen) atoms. The van der Waals surface area contributed by atoms with Gasteiger partial charge in [-0.3, -0.25) is 9.69 Å². The Bertz CT molecular complexity index is 1380. The van der Waals surface area contributed by atoms with Crippen molar-refractivity contribution in [2.45, 2.75) is 32.0 Å². The fourth-order valence-corrected chi connectivity index (χ4v) is 5.15. The average molecular weight is 508 g/mol. The van der Waals surface area contributed by atoms with Crippen LogP contribution < -0.4 is 0 Å². The van der Waals surface area contributed by atoms with Crippen molar-refractivity contribution in [2.24, 2.45) is 5.92 Å². The lowest BCUT2D eigenvalue weighted by Crippen LogP contribution is -2.44. The van der Waals surface area contributed by atoms with E-state index in [-0.39, 0.29) is 18.3 Å². The number of aliphatic carboxylic acids is 1. The molecule has 1 saturated carbocycles. The predicted molar refractivity (Wildman–Crippen MR) is 136 cm³/mol. The van der Waals surface area contributed by atoms with E-state index in [2.05, 4.69) is 27.2 Å². The van der Waals surface area contributed by atoms with Crippen LogP contribution in [0.25, 0.3) is 34.0 Å². The third-order valence-electron chi connectivity index (χ3n) is 6.92. The first-order valence-electron chi connectivity index (χ1n) is 11.3. The highest BCUT2D eigenvalue weighted by Crippen LogP contribution is 2.38. The fourth-order valence-electron chi connectivity index (χ4n) is 4.86. The maximum atomic E-state index is 11.1. The van der Waals surface area contributed by atoms with E-state index < -0.39 is 5.97 Å². The number of carbonyl (C=O) groups is 1. The number of halogens is 2. The number of aromatic nitrogens is 2. The lowest BCUT2D eigenvalue weighted by molar-refractivity contribution is -0.147. The third-order valence-corrected chi connectivity index (χ3v) is 7.23. The van der Waals surface area contributed by atoms with E-state index in [4.69, 9.17) is 21.2 Å². The highest BCUT2D eigenvalue weighted by molar-refractivity contribution is 6.33. The Kier molecular flexibility index (Phi) is 6.36. The molecule has 1 fully saturated rings. The Balaban J connectivity index is 0.00000253. The molecule has 8 heteroatoms. The van der Waals surface area contributed by atoms with Crippen LogP contribution >= 0.6 is 24.0 Å². The minimum Gasteiger partial charge on any atom is -0.481 e. The van der Waals surface area contributed by atoms with E-state index in [1.165, 1.54) is 11.1 Å². The molecule has 1 aliphatic carbocycles. The predicted octanol–water partition coefficient (Wildman–Crippen LogP) is 6.32. The topological polar surface area (TPSA) is 79.5 Å². The molecule has 0 bridgehead atoms. The van der Waals surface area contributed by atoms with Gasteiger partial charge in [-0.1, -0.05) is 65.3 Å². The molecule has 6 nitrogen and oxygen atoms in total. The molecule has 0 spiro atoms. The van der Waals surface area contributed by atoms with Crippen molar-refractivity contribution in [1.82, 2.24) is 15.0 Å². The number of rotatable bonds is 5. The number of nitrogens with zero attached hydrogens (tertiary/aromatic N) is 3. The molecule has 4 aromatic rings. The molecule has 0 amide bonds. The van der Waals surface area contributed by atoms with Gasteiger partial charge in [-0.15, -0.1) is 12.4 Å². The van der Waals surface area contributed by atoms with Crippen molar-refractivity contribution >= 4 is 30.0 Å². The Morgan fingerprint density at radius 1 is 0.943 bits per heavy atom. The molecule has 1 aromatic heterocycles. The monoisotopic (exact) mass is 507 g/mol. The SMILES string of the molecule is Cl.O=C(O)C1CC(N2Cc3ccc(-c4noc(-c5ccc(-c6ccccc6)c(Cl)c5)n4)cc3C2)C1. The van der Waals surface area contributed by atoms with Crippen molar-refractivity contribution in [1.29, 1.82) is 0 Å². The molecular formula is C27H23Cl2N3O3. The van der Waals surface area contributed by atoms with Gasteiger partial charge in [-0.05, 0) is 47.7 Å². The van der Waals surface area contributed by atoms with Gasteiger partial charge >= 0.3 is 5.97 Å². The summed E-state index contributed by atoms with van der Waals surface area (Å²) in [6.45, 7) is 1.68. The summed E-state index contributed by atoms with van der Waals surface area (Å²) < 4.78 is 5.56. The summed E-state index contributed by atoms with van der Waals surface area (Å²) >= 11 is 6.56. The maximum absolute atomic E-state index is 11.1.